The van der Waals surface area contributed by atoms with Gasteiger partial charge in [-0.15, -0.1) is 0 Å². The number of likely N-dealkylation sites (N-methyl/N-ethyl adjacent to an activating group) is 1. The molecule has 2 atom stereocenters. The topological polar surface area (TPSA) is 52.7 Å². The predicted molar refractivity (Wildman–Crippen MR) is 90.9 cm³/mol. The van der Waals surface area contributed by atoms with Crippen LogP contribution in [0.2, 0.25) is 0 Å². The fourth-order valence-electron chi connectivity index (χ4n) is 2.87. The van der Waals surface area contributed by atoms with E-state index in [2.05, 4.69) is 17.1 Å². The second-order valence-corrected chi connectivity index (χ2v) is 6.22. The molecule has 1 saturated heterocycles. The van der Waals surface area contributed by atoms with E-state index >= 15 is 0 Å². The van der Waals surface area contributed by atoms with Crippen molar-refractivity contribution in [3.63, 3.8) is 0 Å². The first-order valence-electron chi connectivity index (χ1n) is 8.33. The van der Waals surface area contributed by atoms with Gasteiger partial charge < -0.3 is 15.1 Å². The van der Waals surface area contributed by atoms with Crippen LogP contribution >= 0.6 is 0 Å². The zero-order valence-corrected chi connectivity index (χ0v) is 14.3. The summed E-state index contributed by atoms with van der Waals surface area (Å²) in [4.78, 5) is 28.5. The molecule has 1 aromatic rings. The molecule has 23 heavy (non-hydrogen) atoms. The van der Waals surface area contributed by atoms with E-state index in [0.29, 0.717) is 19.5 Å². The lowest BCUT2D eigenvalue weighted by Gasteiger charge is -2.25. The maximum absolute atomic E-state index is 12.3. The number of hydrogen-bond donors (Lipinski definition) is 1. The Kier molecular flexibility index (Phi) is 6.16. The third-order valence-electron chi connectivity index (χ3n) is 4.61. The third-order valence-corrected chi connectivity index (χ3v) is 4.61. The van der Waals surface area contributed by atoms with E-state index in [0.717, 1.165) is 18.7 Å². The molecule has 0 radical (unpaired) electrons. The Morgan fingerprint density at radius 2 is 2.09 bits per heavy atom. The van der Waals surface area contributed by atoms with Gasteiger partial charge in [0, 0.05) is 26.1 Å². The first kappa shape index (κ1) is 17.5. The molecule has 0 unspecified atom stereocenters. The number of amides is 2. The standard InChI is InChI=1S/C18H27N3O2/c1-4-20(3)11-10-19-18(23)16-12-17(22)21(13-16)14(2)15-8-6-5-7-9-15/h5-9,14,16H,4,10-13H2,1-3H3,(H,19,23)/t14-,16-/m0/s1. The molecular weight excluding hydrogens is 290 g/mol. The summed E-state index contributed by atoms with van der Waals surface area (Å²) in [6, 6.07) is 9.96. The largest absolute Gasteiger partial charge is 0.355 e. The zero-order valence-electron chi connectivity index (χ0n) is 14.3. The van der Waals surface area contributed by atoms with Gasteiger partial charge in [-0.2, -0.15) is 0 Å². The van der Waals surface area contributed by atoms with Crippen molar-refractivity contribution in [2.24, 2.45) is 5.92 Å². The quantitative estimate of drug-likeness (QED) is 0.832. The molecule has 0 saturated carbocycles. The highest BCUT2D eigenvalue weighted by Crippen LogP contribution is 2.28. The van der Waals surface area contributed by atoms with Gasteiger partial charge in [0.2, 0.25) is 11.8 Å². The number of carbonyl (C=O) groups excluding carboxylic acids is 2. The minimum absolute atomic E-state index is 0.00715. The number of carbonyl (C=O) groups is 2. The van der Waals surface area contributed by atoms with Gasteiger partial charge in [-0.1, -0.05) is 37.3 Å². The van der Waals surface area contributed by atoms with E-state index in [1.807, 2.05) is 49.2 Å². The Bertz CT molecular complexity index is 532. The van der Waals surface area contributed by atoms with Crippen LogP contribution in [-0.4, -0.2) is 54.8 Å². The molecule has 5 nitrogen and oxygen atoms in total. The van der Waals surface area contributed by atoms with Crippen LogP contribution in [0.15, 0.2) is 30.3 Å². The van der Waals surface area contributed by atoms with Crippen molar-refractivity contribution in [2.75, 3.05) is 33.2 Å². The molecule has 1 aliphatic rings. The highest BCUT2D eigenvalue weighted by molar-refractivity contribution is 5.89. The summed E-state index contributed by atoms with van der Waals surface area (Å²) in [5, 5.41) is 2.95. The monoisotopic (exact) mass is 317 g/mol. The molecule has 1 aliphatic heterocycles. The first-order valence-corrected chi connectivity index (χ1v) is 8.33. The summed E-state index contributed by atoms with van der Waals surface area (Å²) in [6.07, 6.45) is 0.312. The molecule has 2 amide bonds. The van der Waals surface area contributed by atoms with Crippen LogP contribution in [0.5, 0.6) is 0 Å². The summed E-state index contributed by atoms with van der Waals surface area (Å²) in [5.74, 6) is -0.182. The number of nitrogens with one attached hydrogen (secondary N) is 1. The van der Waals surface area contributed by atoms with Crippen molar-refractivity contribution in [2.45, 2.75) is 26.3 Å². The van der Waals surface area contributed by atoms with Crippen molar-refractivity contribution in [1.82, 2.24) is 15.1 Å². The maximum atomic E-state index is 12.3. The molecule has 1 heterocycles. The van der Waals surface area contributed by atoms with Crippen LogP contribution in [-0.2, 0) is 9.59 Å². The number of benzene rings is 1. The fourth-order valence-corrected chi connectivity index (χ4v) is 2.87. The van der Waals surface area contributed by atoms with E-state index in [-0.39, 0.29) is 23.8 Å². The Hall–Kier alpha value is -1.88. The molecule has 5 heteroatoms. The molecule has 0 aromatic heterocycles. The van der Waals surface area contributed by atoms with E-state index in [4.69, 9.17) is 0 Å². The molecule has 0 aliphatic carbocycles. The van der Waals surface area contributed by atoms with Crippen molar-refractivity contribution in [3.05, 3.63) is 35.9 Å². The zero-order chi connectivity index (χ0) is 16.8. The molecule has 1 N–H and O–H groups in total. The Morgan fingerprint density at radius 3 is 2.74 bits per heavy atom. The Labute approximate surface area is 138 Å². The van der Waals surface area contributed by atoms with Crippen LogP contribution in [0.25, 0.3) is 0 Å². The fraction of sp³-hybridized carbons (Fsp3) is 0.556. The normalized spacial score (nSPS) is 19.2. The third kappa shape index (κ3) is 4.55. The van der Waals surface area contributed by atoms with Gasteiger partial charge in [-0.25, -0.2) is 0 Å². The van der Waals surface area contributed by atoms with E-state index in [1.165, 1.54) is 0 Å². The lowest BCUT2D eigenvalue weighted by atomic mass is 10.1. The molecule has 0 bridgehead atoms. The van der Waals surface area contributed by atoms with Crippen LogP contribution in [0.3, 0.4) is 0 Å². The van der Waals surface area contributed by atoms with Crippen molar-refractivity contribution in [3.8, 4) is 0 Å². The summed E-state index contributed by atoms with van der Waals surface area (Å²) < 4.78 is 0. The molecule has 2 rings (SSSR count). The summed E-state index contributed by atoms with van der Waals surface area (Å²) in [7, 11) is 2.02. The minimum Gasteiger partial charge on any atom is -0.355 e. The van der Waals surface area contributed by atoms with Gasteiger partial charge in [-0.3, -0.25) is 9.59 Å². The first-order chi connectivity index (χ1) is 11.0. The average Bonchev–Trinajstić information content (AvgIpc) is 2.96. The second-order valence-electron chi connectivity index (χ2n) is 6.22. The smallest absolute Gasteiger partial charge is 0.225 e. The second kappa shape index (κ2) is 8.11. The minimum atomic E-state index is -0.236. The highest BCUT2D eigenvalue weighted by atomic mass is 16.2. The summed E-state index contributed by atoms with van der Waals surface area (Å²) in [6.45, 7) is 7.02. The number of rotatable bonds is 7. The van der Waals surface area contributed by atoms with E-state index < -0.39 is 0 Å². The predicted octanol–water partition coefficient (Wildman–Crippen LogP) is 1.66. The Balaban J connectivity index is 1.88. The molecule has 1 aromatic carbocycles. The summed E-state index contributed by atoms with van der Waals surface area (Å²) in [5.41, 5.74) is 1.10. The molecule has 126 valence electrons. The van der Waals surface area contributed by atoms with E-state index in [9.17, 15) is 9.59 Å². The van der Waals surface area contributed by atoms with E-state index in [1.54, 1.807) is 0 Å². The molecule has 1 fully saturated rings. The van der Waals surface area contributed by atoms with Gasteiger partial charge in [0.25, 0.3) is 0 Å². The Morgan fingerprint density at radius 1 is 1.39 bits per heavy atom. The maximum Gasteiger partial charge on any atom is 0.225 e. The lowest BCUT2D eigenvalue weighted by molar-refractivity contribution is -0.130. The molecule has 0 spiro atoms. The van der Waals surface area contributed by atoms with Gasteiger partial charge >= 0.3 is 0 Å². The number of likely N-dealkylation sites (tertiary alicyclic amines) is 1. The van der Waals surface area contributed by atoms with Gasteiger partial charge in [0.1, 0.15) is 0 Å². The highest BCUT2D eigenvalue weighted by Gasteiger charge is 2.36. The van der Waals surface area contributed by atoms with Gasteiger partial charge in [0.05, 0.1) is 12.0 Å². The van der Waals surface area contributed by atoms with Crippen molar-refractivity contribution in [1.29, 1.82) is 0 Å². The van der Waals surface area contributed by atoms with Gasteiger partial charge in [-0.05, 0) is 26.1 Å². The average molecular weight is 317 g/mol. The summed E-state index contributed by atoms with van der Waals surface area (Å²) >= 11 is 0. The van der Waals surface area contributed by atoms with Crippen molar-refractivity contribution >= 4 is 11.8 Å². The number of hydrogen-bond acceptors (Lipinski definition) is 3. The van der Waals surface area contributed by atoms with Crippen LogP contribution in [0.1, 0.15) is 31.9 Å². The SMILES string of the molecule is CCN(C)CCNC(=O)[C@H]1CC(=O)N([C@@H](C)c2ccccc2)C1. The van der Waals surface area contributed by atoms with Crippen LogP contribution < -0.4 is 5.32 Å². The van der Waals surface area contributed by atoms with Gasteiger partial charge in [0.15, 0.2) is 0 Å². The van der Waals surface area contributed by atoms with Crippen molar-refractivity contribution < 1.29 is 9.59 Å². The van der Waals surface area contributed by atoms with Crippen LogP contribution in [0, 0.1) is 5.92 Å². The lowest BCUT2D eigenvalue weighted by Crippen LogP contribution is -2.37. The number of nitrogens with zero attached hydrogens (tertiary/aromatic N) is 2. The molecular formula is C18H27N3O2. The van der Waals surface area contributed by atoms with Crippen LogP contribution in [0.4, 0.5) is 0 Å².